The zero-order valence-corrected chi connectivity index (χ0v) is 16.8. The number of hydrogen-bond acceptors (Lipinski definition) is 8. The molecule has 4 rings (SSSR count). The van der Waals surface area contributed by atoms with Crippen LogP contribution in [0.3, 0.4) is 0 Å². The molecule has 10 nitrogen and oxygen atoms in total. The maximum absolute atomic E-state index is 12.6. The number of aromatic nitrogens is 4. The predicted molar refractivity (Wildman–Crippen MR) is 114 cm³/mol. The molecule has 0 radical (unpaired) electrons. The summed E-state index contributed by atoms with van der Waals surface area (Å²) in [5.41, 5.74) is 0.532. The largest absolute Gasteiger partial charge is 0.477 e. The summed E-state index contributed by atoms with van der Waals surface area (Å²) in [6, 6.07) is 4.89. The lowest BCUT2D eigenvalue weighted by Crippen LogP contribution is -2.43. The van der Waals surface area contributed by atoms with Gasteiger partial charge in [-0.25, -0.2) is 14.8 Å². The number of carboxylic acid groups (broad SMARTS) is 1. The fourth-order valence-electron chi connectivity index (χ4n) is 3.50. The number of carbonyl (C=O) groups is 1. The number of fused-ring (bicyclic) bond motifs is 1. The van der Waals surface area contributed by atoms with E-state index in [0.717, 1.165) is 31.9 Å². The SMILES string of the molecule is CC(C)n1c(=O)c(C(=O)O)cc2cnc(Nc3ccc(N4CCNCC4)cn3)nc21. The minimum absolute atomic E-state index is 0.265. The molecule has 0 aromatic carbocycles. The van der Waals surface area contributed by atoms with Crippen LogP contribution in [-0.2, 0) is 0 Å². The van der Waals surface area contributed by atoms with Crippen LogP contribution in [0.4, 0.5) is 17.5 Å². The van der Waals surface area contributed by atoms with E-state index in [9.17, 15) is 14.7 Å². The maximum atomic E-state index is 12.6. The highest BCUT2D eigenvalue weighted by Gasteiger charge is 2.18. The molecule has 0 amide bonds. The van der Waals surface area contributed by atoms with E-state index in [1.54, 1.807) is 20.0 Å². The lowest BCUT2D eigenvalue weighted by Gasteiger charge is -2.29. The molecular formula is C20H23N7O3. The van der Waals surface area contributed by atoms with Gasteiger partial charge < -0.3 is 20.6 Å². The molecule has 0 bridgehead atoms. The highest BCUT2D eigenvalue weighted by atomic mass is 16.4. The number of aromatic carboxylic acids is 1. The normalized spacial score (nSPS) is 14.3. The summed E-state index contributed by atoms with van der Waals surface area (Å²) in [6.07, 6.45) is 3.31. The minimum atomic E-state index is -1.27. The highest BCUT2D eigenvalue weighted by Crippen LogP contribution is 2.20. The molecular weight excluding hydrogens is 386 g/mol. The van der Waals surface area contributed by atoms with Crippen molar-refractivity contribution in [2.24, 2.45) is 0 Å². The summed E-state index contributed by atoms with van der Waals surface area (Å²) in [7, 11) is 0. The molecule has 0 unspecified atom stereocenters. The van der Waals surface area contributed by atoms with E-state index in [2.05, 4.69) is 30.5 Å². The Kier molecular flexibility index (Phi) is 5.32. The summed E-state index contributed by atoms with van der Waals surface area (Å²) in [6.45, 7) is 7.38. The smallest absolute Gasteiger partial charge is 0.341 e. The molecule has 1 aliphatic rings. The van der Waals surface area contributed by atoms with E-state index in [-0.39, 0.29) is 17.6 Å². The highest BCUT2D eigenvalue weighted by molar-refractivity contribution is 5.91. The molecule has 3 aromatic heterocycles. The van der Waals surface area contributed by atoms with E-state index in [0.29, 0.717) is 16.9 Å². The summed E-state index contributed by atoms with van der Waals surface area (Å²) in [4.78, 5) is 39.4. The van der Waals surface area contributed by atoms with Gasteiger partial charge in [0.15, 0.2) is 0 Å². The minimum Gasteiger partial charge on any atom is -0.477 e. The molecule has 156 valence electrons. The van der Waals surface area contributed by atoms with Crippen LogP contribution in [0.2, 0.25) is 0 Å². The van der Waals surface area contributed by atoms with Gasteiger partial charge in [-0.1, -0.05) is 0 Å². The van der Waals surface area contributed by atoms with Crippen molar-refractivity contribution in [3.05, 3.63) is 46.5 Å². The van der Waals surface area contributed by atoms with Gasteiger partial charge >= 0.3 is 5.97 Å². The number of nitrogens with one attached hydrogen (secondary N) is 2. The average molecular weight is 409 g/mol. The first-order chi connectivity index (χ1) is 14.4. The van der Waals surface area contributed by atoms with Crippen LogP contribution >= 0.6 is 0 Å². The molecule has 0 spiro atoms. The van der Waals surface area contributed by atoms with Crippen LogP contribution < -0.4 is 21.1 Å². The molecule has 10 heteroatoms. The molecule has 0 atom stereocenters. The first kappa shape index (κ1) is 19.8. The Hall–Kier alpha value is -3.53. The van der Waals surface area contributed by atoms with E-state index < -0.39 is 11.5 Å². The van der Waals surface area contributed by atoms with Crippen molar-refractivity contribution in [2.75, 3.05) is 36.4 Å². The van der Waals surface area contributed by atoms with Gasteiger partial charge in [0, 0.05) is 43.8 Å². The Balaban J connectivity index is 1.65. The van der Waals surface area contributed by atoms with Crippen LogP contribution in [-0.4, -0.2) is 56.8 Å². The van der Waals surface area contributed by atoms with Crippen LogP contribution in [0.5, 0.6) is 0 Å². The first-order valence-corrected chi connectivity index (χ1v) is 9.78. The van der Waals surface area contributed by atoms with Gasteiger partial charge in [0.2, 0.25) is 5.95 Å². The Morgan fingerprint density at radius 2 is 1.97 bits per heavy atom. The third kappa shape index (κ3) is 3.81. The number of hydrogen-bond donors (Lipinski definition) is 3. The van der Waals surface area contributed by atoms with E-state index in [1.807, 2.05) is 12.1 Å². The van der Waals surface area contributed by atoms with Crippen LogP contribution in [0.1, 0.15) is 30.2 Å². The molecule has 0 aliphatic carbocycles. The predicted octanol–water partition coefficient (Wildman–Crippen LogP) is 1.62. The molecule has 1 fully saturated rings. The Morgan fingerprint density at radius 1 is 1.20 bits per heavy atom. The standard InChI is InChI=1S/C20H23N7O3/c1-12(2)27-17-13(9-15(18(27)28)19(29)30)10-23-20(25-17)24-16-4-3-14(11-22-16)26-7-5-21-6-8-26/h3-4,9-12,21H,5-8H2,1-2H3,(H,29,30)(H,22,23,24,25). The second-order valence-corrected chi connectivity index (χ2v) is 7.37. The number of pyridine rings is 2. The molecule has 1 aliphatic heterocycles. The van der Waals surface area contributed by atoms with Gasteiger partial charge in [0.05, 0.1) is 11.9 Å². The molecule has 3 N–H and O–H groups in total. The zero-order valence-electron chi connectivity index (χ0n) is 16.8. The molecule has 30 heavy (non-hydrogen) atoms. The summed E-state index contributed by atoms with van der Waals surface area (Å²) < 4.78 is 1.37. The Bertz CT molecular complexity index is 1140. The van der Waals surface area contributed by atoms with Crippen LogP contribution in [0, 0.1) is 0 Å². The number of nitrogens with zero attached hydrogens (tertiary/aromatic N) is 5. The van der Waals surface area contributed by atoms with Crippen LogP contribution in [0.25, 0.3) is 11.0 Å². The van der Waals surface area contributed by atoms with E-state index in [4.69, 9.17) is 0 Å². The van der Waals surface area contributed by atoms with Crippen molar-refractivity contribution in [2.45, 2.75) is 19.9 Å². The van der Waals surface area contributed by atoms with Crippen molar-refractivity contribution >= 4 is 34.5 Å². The Morgan fingerprint density at radius 3 is 2.60 bits per heavy atom. The van der Waals surface area contributed by atoms with Gasteiger partial charge in [-0.05, 0) is 32.0 Å². The van der Waals surface area contributed by atoms with Gasteiger partial charge in [0.25, 0.3) is 5.56 Å². The second kappa shape index (κ2) is 8.07. The van der Waals surface area contributed by atoms with Gasteiger partial charge in [-0.3, -0.25) is 9.36 Å². The lowest BCUT2D eigenvalue weighted by molar-refractivity contribution is 0.0694. The second-order valence-electron chi connectivity index (χ2n) is 7.37. The molecule has 3 aromatic rings. The third-order valence-corrected chi connectivity index (χ3v) is 4.99. The average Bonchev–Trinajstić information content (AvgIpc) is 2.74. The van der Waals surface area contributed by atoms with Gasteiger partial charge in [-0.2, -0.15) is 4.98 Å². The van der Waals surface area contributed by atoms with Crippen molar-refractivity contribution < 1.29 is 9.90 Å². The summed E-state index contributed by atoms with van der Waals surface area (Å²) >= 11 is 0. The lowest BCUT2D eigenvalue weighted by atomic mass is 10.2. The maximum Gasteiger partial charge on any atom is 0.341 e. The van der Waals surface area contributed by atoms with Crippen LogP contribution in [0.15, 0.2) is 35.4 Å². The van der Waals surface area contributed by atoms with E-state index in [1.165, 1.54) is 16.8 Å². The monoisotopic (exact) mass is 409 g/mol. The van der Waals surface area contributed by atoms with Crippen molar-refractivity contribution in [1.29, 1.82) is 0 Å². The fourth-order valence-corrected chi connectivity index (χ4v) is 3.50. The van der Waals surface area contributed by atoms with E-state index >= 15 is 0 Å². The molecule has 1 saturated heterocycles. The molecule has 4 heterocycles. The topological polar surface area (TPSA) is 125 Å². The van der Waals surface area contributed by atoms with Crippen molar-refractivity contribution in [3.63, 3.8) is 0 Å². The number of anilines is 3. The third-order valence-electron chi connectivity index (χ3n) is 4.99. The molecule has 0 saturated carbocycles. The number of rotatable bonds is 5. The summed E-state index contributed by atoms with van der Waals surface area (Å²) in [5, 5.41) is 16.2. The number of piperazine rings is 1. The van der Waals surface area contributed by atoms with Crippen molar-refractivity contribution in [3.8, 4) is 0 Å². The number of carboxylic acids is 1. The quantitative estimate of drug-likeness (QED) is 0.576. The zero-order chi connectivity index (χ0) is 21.3. The Labute approximate surface area is 172 Å². The van der Waals surface area contributed by atoms with Gasteiger partial charge in [-0.15, -0.1) is 0 Å². The van der Waals surface area contributed by atoms with Gasteiger partial charge in [0.1, 0.15) is 17.0 Å². The fraction of sp³-hybridized carbons (Fsp3) is 0.350. The summed E-state index contributed by atoms with van der Waals surface area (Å²) in [5.74, 6) is -0.414. The first-order valence-electron chi connectivity index (χ1n) is 9.78. The van der Waals surface area contributed by atoms with Crippen molar-refractivity contribution in [1.82, 2.24) is 24.8 Å².